The molecule has 0 fully saturated rings. The Bertz CT molecular complexity index is 1750. The maximum absolute atomic E-state index is 14.4. The molecule has 0 saturated heterocycles. The number of nitrogens with zero attached hydrogens (tertiary/aromatic N) is 2. The second-order valence-electron chi connectivity index (χ2n) is 11.2. The fraction of sp³-hybridized carbons (Fsp3) is 0.278. The molecule has 0 saturated carbocycles. The number of rotatable bonds is 14. The van der Waals surface area contributed by atoms with Crippen molar-refractivity contribution in [1.29, 1.82) is 0 Å². The summed E-state index contributed by atoms with van der Waals surface area (Å²) in [4.78, 5) is 29.3. The SMILES string of the molecule is CC[C@H](C)NC(=O)[C@H](CC)N(Cc1c(Cl)cccc1Cl)C(=O)CN(c1ccc(Oc2ccccc2)cc1)S(=O)(=O)c1ccc(C)cc1. The van der Waals surface area contributed by atoms with Gasteiger partial charge >= 0.3 is 0 Å². The van der Waals surface area contributed by atoms with Gasteiger partial charge in [-0.1, -0.05) is 79.0 Å². The van der Waals surface area contributed by atoms with Crippen molar-refractivity contribution >= 4 is 50.7 Å². The van der Waals surface area contributed by atoms with Crippen LogP contribution in [0.3, 0.4) is 0 Å². The molecule has 4 aromatic rings. The molecule has 0 aromatic heterocycles. The monoisotopic (exact) mass is 695 g/mol. The fourth-order valence-corrected chi connectivity index (χ4v) is 6.82. The fourth-order valence-electron chi connectivity index (χ4n) is 4.89. The highest BCUT2D eigenvalue weighted by molar-refractivity contribution is 7.92. The Hall–Kier alpha value is -4.05. The van der Waals surface area contributed by atoms with Crippen LogP contribution in [-0.4, -0.2) is 43.8 Å². The summed E-state index contributed by atoms with van der Waals surface area (Å²) >= 11 is 13.0. The van der Waals surface area contributed by atoms with Crippen LogP contribution in [0.15, 0.2) is 102 Å². The zero-order valence-electron chi connectivity index (χ0n) is 26.8. The van der Waals surface area contributed by atoms with Crippen LogP contribution in [0.4, 0.5) is 5.69 Å². The molecule has 4 aromatic carbocycles. The number of aryl methyl sites for hydroxylation is 1. The lowest BCUT2D eigenvalue weighted by Crippen LogP contribution is -2.53. The minimum atomic E-state index is -4.24. The van der Waals surface area contributed by atoms with Gasteiger partial charge in [-0.05, 0) is 87.4 Å². The van der Waals surface area contributed by atoms with Crippen molar-refractivity contribution in [3.05, 3.63) is 118 Å². The first kappa shape index (κ1) is 35.8. The predicted octanol–water partition coefficient (Wildman–Crippen LogP) is 8.01. The lowest BCUT2D eigenvalue weighted by Gasteiger charge is -2.34. The zero-order chi connectivity index (χ0) is 34.1. The normalized spacial score (nSPS) is 12.6. The third kappa shape index (κ3) is 9.06. The van der Waals surface area contributed by atoms with Gasteiger partial charge in [0.05, 0.1) is 10.6 Å². The number of amides is 2. The smallest absolute Gasteiger partial charge is 0.264 e. The maximum Gasteiger partial charge on any atom is 0.264 e. The highest BCUT2D eigenvalue weighted by atomic mass is 35.5. The minimum Gasteiger partial charge on any atom is -0.457 e. The van der Waals surface area contributed by atoms with Gasteiger partial charge in [0.2, 0.25) is 11.8 Å². The van der Waals surface area contributed by atoms with Crippen molar-refractivity contribution in [2.45, 2.75) is 64.1 Å². The summed E-state index contributed by atoms with van der Waals surface area (Å²) in [6.07, 6.45) is 0.964. The van der Waals surface area contributed by atoms with Gasteiger partial charge in [-0.15, -0.1) is 0 Å². The van der Waals surface area contributed by atoms with E-state index in [-0.39, 0.29) is 35.5 Å². The predicted molar refractivity (Wildman–Crippen MR) is 188 cm³/mol. The largest absolute Gasteiger partial charge is 0.457 e. The Morgan fingerprint density at radius 1 is 0.809 bits per heavy atom. The summed E-state index contributed by atoms with van der Waals surface area (Å²) in [6, 6.07) is 26.0. The van der Waals surface area contributed by atoms with E-state index in [1.807, 2.05) is 51.1 Å². The molecule has 0 aliphatic heterocycles. The molecule has 0 heterocycles. The molecule has 0 radical (unpaired) electrons. The second-order valence-corrected chi connectivity index (χ2v) is 13.9. The van der Waals surface area contributed by atoms with Gasteiger partial charge in [-0.3, -0.25) is 13.9 Å². The summed E-state index contributed by atoms with van der Waals surface area (Å²) < 4.78 is 35.4. The summed E-state index contributed by atoms with van der Waals surface area (Å²) in [6.45, 7) is 6.78. The first-order chi connectivity index (χ1) is 22.4. The molecule has 248 valence electrons. The van der Waals surface area contributed by atoms with Gasteiger partial charge in [0.25, 0.3) is 10.0 Å². The Morgan fingerprint density at radius 3 is 1.98 bits per heavy atom. The maximum atomic E-state index is 14.4. The van der Waals surface area contributed by atoms with Crippen LogP contribution in [0.25, 0.3) is 0 Å². The average Bonchev–Trinajstić information content (AvgIpc) is 3.05. The van der Waals surface area contributed by atoms with Crippen molar-refractivity contribution in [2.75, 3.05) is 10.8 Å². The third-order valence-electron chi connectivity index (χ3n) is 7.77. The van der Waals surface area contributed by atoms with Crippen molar-refractivity contribution in [3.8, 4) is 11.5 Å². The Labute approximate surface area is 287 Å². The van der Waals surface area contributed by atoms with Gasteiger partial charge in [0, 0.05) is 28.2 Å². The number of carbonyl (C=O) groups excluding carboxylic acids is 2. The number of carbonyl (C=O) groups is 2. The standard InChI is InChI=1S/C36H39Cl2N3O5S/c1-5-26(4)39-36(43)34(6-2)40(23-31-32(37)13-10-14-33(31)38)35(42)24-41(47(44,45)30-21-15-25(3)16-22-30)27-17-19-29(20-18-27)46-28-11-8-7-9-12-28/h7-22,26,34H,5-6,23-24H2,1-4H3,(H,39,43)/t26-,34-/m0/s1. The van der Waals surface area contributed by atoms with Crippen LogP contribution in [0.2, 0.25) is 10.0 Å². The van der Waals surface area contributed by atoms with Crippen molar-refractivity contribution < 1.29 is 22.7 Å². The molecule has 0 spiro atoms. The first-order valence-electron chi connectivity index (χ1n) is 15.4. The number of hydrogen-bond donors (Lipinski definition) is 1. The summed E-state index contributed by atoms with van der Waals surface area (Å²) in [7, 11) is -4.24. The van der Waals surface area contributed by atoms with E-state index in [0.717, 1.165) is 9.87 Å². The van der Waals surface area contributed by atoms with E-state index in [0.29, 0.717) is 33.5 Å². The molecule has 4 rings (SSSR count). The number of para-hydroxylation sites is 1. The van der Waals surface area contributed by atoms with Crippen molar-refractivity contribution in [2.24, 2.45) is 0 Å². The van der Waals surface area contributed by atoms with Crippen molar-refractivity contribution in [1.82, 2.24) is 10.2 Å². The molecular formula is C36H39Cl2N3O5S. The van der Waals surface area contributed by atoms with Crippen LogP contribution in [0.5, 0.6) is 11.5 Å². The average molecular weight is 697 g/mol. The Kier molecular flexibility index (Phi) is 12.3. The van der Waals surface area contributed by atoms with E-state index in [2.05, 4.69) is 5.32 Å². The Morgan fingerprint density at radius 2 is 1.40 bits per heavy atom. The summed E-state index contributed by atoms with van der Waals surface area (Å²) in [5, 5.41) is 3.61. The number of ether oxygens (including phenoxy) is 1. The molecule has 8 nitrogen and oxygen atoms in total. The van der Waals surface area contributed by atoms with E-state index < -0.39 is 28.5 Å². The van der Waals surface area contributed by atoms with Crippen LogP contribution >= 0.6 is 23.2 Å². The number of anilines is 1. The van der Waals surface area contributed by atoms with Crippen LogP contribution in [0, 0.1) is 6.92 Å². The molecular weight excluding hydrogens is 657 g/mol. The molecule has 0 aliphatic carbocycles. The zero-order valence-corrected chi connectivity index (χ0v) is 29.1. The van der Waals surface area contributed by atoms with Gasteiger partial charge in [0.15, 0.2) is 0 Å². The van der Waals surface area contributed by atoms with Gasteiger partial charge < -0.3 is 15.0 Å². The number of nitrogens with one attached hydrogen (secondary N) is 1. The molecule has 1 N–H and O–H groups in total. The first-order valence-corrected chi connectivity index (χ1v) is 17.6. The van der Waals surface area contributed by atoms with Crippen LogP contribution < -0.4 is 14.4 Å². The highest BCUT2D eigenvalue weighted by Gasteiger charge is 2.34. The Balaban J connectivity index is 1.76. The molecule has 2 amide bonds. The van der Waals surface area contributed by atoms with E-state index in [9.17, 15) is 18.0 Å². The highest BCUT2D eigenvalue weighted by Crippen LogP contribution is 2.30. The molecule has 2 atom stereocenters. The molecule has 0 unspecified atom stereocenters. The topological polar surface area (TPSA) is 96.0 Å². The summed E-state index contributed by atoms with van der Waals surface area (Å²) in [5.74, 6) is 0.151. The number of halogens is 2. The van der Waals surface area contributed by atoms with Gasteiger partial charge in [0.1, 0.15) is 24.1 Å². The third-order valence-corrected chi connectivity index (χ3v) is 10.3. The lowest BCUT2D eigenvalue weighted by atomic mass is 10.1. The van der Waals surface area contributed by atoms with Crippen LogP contribution in [0.1, 0.15) is 44.7 Å². The van der Waals surface area contributed by atoms with E-state index in [1.165, 1.54) is 17.0 Å². The second kappa shape index (κ2) is 16.2. The van der Waals surface area contributed by atoms with E-state index in [4.69, 9.17) is 27.9 Å². The van der Waals surface area contributed by atoms with Gasteiger partial charge in [-0.25, -0.2) is 8.42 Å². The summed E-state index contributed by atoms with van der Waals surface area (Å²) in [5.41, 5.74) is 1.58. The number of hydrogen-bond acceptors (Lipinski definition) is 5. The van der Waals surface area contributed by atoms with Crippen LogP contribution in [-0.2, 0) is 26.2 Å². The molecule has 47 heavy (non-hydrogen) atoms. The van der Waals surface area contributed by atoms with E-state index in [1.54, 1.807) is 61.5 Å². The molecule has 0 bridgehead atoms. The lowest BCUT2D eigenvalue weighted by molar-refractivity contribution is -0.140. The molecule has 0 aliphatic rings. The van der Waals surface area contributed by atoms with Gasteiger partial charge in [-0.2, -0.15) is 0 Å². The molecule has 11 heteroatoms. The van der Waals surface area contributed by atoms with E-state index >= 15 is 0 Å². The minimum absolute atomic E-state index is 0.0164. The number of sulfonamides is 1. The quantitative estimate of drug-likeness (QED) is 0.144. The number of benzene rings is 4. The van der Waals surface area contributed by atoms with Crippen molar-refractivity contribution in [3.63, 3.8) is 0 Å².